The van der Waals surface area contributed by atoms with Crippen molar-refractivity contribution in [1.82, 2.24) is 0 Å². The number of thiol groups is 1. The van der Waals surface area contributed by atoms with E-state index in [1.54, 1.807) is 0 Å². The summed E-state index contributed by atoms with van der Waals surface area (Å²) in [5.41, 5.74) is 2.66. The highest BCUT2D eigenvalue weighted by Gasteiger charge is 2.00. The maximum Gasteiger partial charge on any atom is 0.121 e. The van der Waals surface area contributed by atoms with E-state index in [4.69, 9.17) is 0 Å². The minimum atomic E-state index is 0.358. The van der Waals surface area contributed by atoms with Gasteiger partial charge in [0.1, 0.15) is 5.75 Å². The zero-order chi connectivity index (χ0) is 9.84. The third-order valence-corrected chi connectivity index (χ3v) is 1.96. The van der Waals surface area contributed by atoms with Gasteiger partial charge in [-0.05, 0) is 37.1 Å². The number of aryl methyl sites for hydroxylation is 2. The molecule has 2 heteroatoms. The Hall–Kier alpha value is -1.07. The van der Waals surface area contributed by atoms with Crippen LogP contribution in [0.3, 0.4) is 0 Å². The van der Waals surface area contributed by atoms with Gasteiger partial charge >= 0.3 is 0 Å². The van der Waals surface area contributed by atoms with E-state index in [9.17, 15) is 5.11 Å². The second-order valence-corrected chi connectivity index (χ2v) is 3.23. The lowest BCUT2D eigenvalue weighted by molar-refractivity contribution is 0.467. The molecule has 0 aliphatic carbocycles. The molecule has 68 valence electrons. The van der Waals surface area contributed by atoms with Crippen molar-refractivity contribution in [1.29, 1.82) is 0 Å². The summed E-state index contributed by atoms with van der Waals surface area (Å²) in [5.74, 6) is 6.75. The first-order valence-electron chi connectivity index (χ1n) is 4.05. The maximum atomic E-state index is 9.49. The van der Waals surface area contributed by atoms with Crippen LogP contribution in [0, 0.1) is 25.7 Å². The molecule has 1 aromatic rings. The van der Waals surface area contributed by atoms with Crippen molar-refractivity contribution in [2.75, 3.05) is 5.75 Å². The Kier molecular flexibility index (Phi) is 3.27. The smallest absolute Gasteiger partial charge is 0.121 e. The Bertz CT molecular complexity index is 348. The fourth-order valence-corrected chi connectivity index (χ4v) is 1.25. The highest BCUT2D eigenvalue weighted by Crippen LogP contribution is 2.22. The monoisotopic (exact) mass is 192 g/mol. The minimum absolute atomic E-state index is 0.358. The van der Waals surface area contributed by atoms with Crippen molar-refractivity contribution in [2.24, 2.45) is 0 Å². The predicted molar refractivity (Wildman–Crippen MR) is 58.3 cm³/mol. The van der Waals surface area contributed by atoms with Crippen LogP contribution in [0.15, 0.2) is 12.1 Å². The number of aromatic hydroxyl groups is 1. The number of hydrogen-bond donors (Lipinski definition) is 2. The van der Waals surface area contributed by atoms with Crippen molar-refractivity contribution in [3.63, 3.8) is 0 Å². The molecule has 0 spiro atoms. The first-order chi connectivity index (χ1) is 6.15. The predicted octanol–water partition coefficient (Wildman–Crippen LogP) is 2.29. The van der Waals surface area contributed by atoms with Crippen LogP contribution < -0.4 is 0 Å². The van der Waals surface area contributed by atoms with Gasteiger partial charge in [-0.25, -0.2) is 0 Å². The average molecular weight is 192 g/mol. The largest absolute Gasteiger partial charge is 0.507 e. The molecule has 0 aliphatic rings. The molecule has 0 unspecified atom stereocenters. The molecule has 0 bridgehead atoms. The normalized spacial score (nSPS) is 9.15. The Morgan fingerprint density at radius 2 is 1.85 bits per heavy atom. The Labute approximate surface area is 84.2 Å². The van der Waals surface area contributed by atoms with Gasteiger partial charge in [0.25, 0.3) is 0 Å². The molecule has 1 N–H and O–H groups in total. The van der Waals surface area contributed by atoms with Crippen molar-refractivity contribution >= 4 is 12.6 Å². The van der Waals surface area contributed by atoms with Gasteiger partial charge in [0.05, 0.1) is 5.75 Å². The minimum Gasteiger partial charge on any atom is -0.507 e. The summed E-state index contributed by atoms with van der Waals surface area (Å²) in [5, 5.41) is 9.49. The van der Waals surface area contributed by atoms with E-state index in [0.717, 1.165) is 16.7 Å². The molecule has 0 aliphatic heterocycles. The van der Waals surface area contributed by atoms with E-state index in [-0.39, 0.29) is 0 Å². The summed E-state index contributed by atoms with van der Waals surface area (Å²) >= 11 is 4.00. The molecule has 0 saturated carbocycles. The van der Waals surface area contributed by atoms with Gasteiger partial charge in [-0.1, -0.05) is 11.8 Å². The molecule has 0 fully saturated rings. The zero-order valence-electron chi connectivity index (χ0n) is 7.76. The lowest BCUT2D eigenvalue weighted by atomic mass is 10.1. The van der Waals surface area contributed by atoms with Crippen LogP contribution in [0.2, 0.25) is 0 Å². The lowest BCUT2D eigenvalue weighted by Gasteiger charge is -2.02. The van der Waals surface area contributed by atoms with E-state index >= 15 is 0 Å². The van der Waals surface area contributed by atoms with Crippen LogP contribution in [0.4, 0.5) is 0 Å². The first-order valence-corrected chi connectivity index (χ1v) is 4.68. The molecule has 0 radical (unpaired) electrons. The van der Waals surface area contributed by atoms with Crippen molar-refractivity contribution < 1.29 is 5.11 Å². The number of phenolic OH excluding ortho intramolecular Hbond substituents is 1. The standard InChI is InChI=1S/C11H12OS/c1-8-6-10(4-3-5-13)7-9(2)11(8)12/h6-7,12-13H,5H2,1-2H3. The third kappa shape index (κ3) is 2.43. The molecule has 13 heavy (non-hydrogen) atoms. The van der Waals surface area contributed by atoms with E-state index < -0.39 is 0 Å². The van der Waals surface area contributed by atoms with Crippen LogP contribution in [0.5, 0.6) is 5.75 Å². The lowest BCUT2D eigenvalue weighted by Crippen LogP contribution is -1.83. The molecule has 1 rings (SSSR count). The number of phenols is 1. The van der Waals surface area contributed by atoms with Gasteiger partial charge in [0.15, 0.2) is 0 Å². The summed E-state index contributed by atoms with van der Waals surface area (Å²) in [6.07, 6.45) is 0. The fourth-order valence-electron chi connectivity index (χ4n) is 1.17. The number of rotatable bonds is 0. The van der Waals surface area contributed by atoms with E-state index in [1.807, 2.05) is 26.0 Å². The van der Waals surface area contributed by atoms with Gasteiger partial charge in [-0.2, -0.15) is 12.6 Å². The van der Waals surface area contributed by atoms with E-state index in [2.05, 4.69) is 24.5 Å². The molecule has 1 aromatic carbocycles. The number of hydrogen-bond acceptors (Lipinski definition) is 2. The molecule has 0 aromatic heterocycles. The van der Waals surface area contributed by atoms with Crippen LogP contribution in [0.1, 0.15) is 16.7 Å². The fraction of sp³-hybridized carbons (Fsp3) is 0.273. The molecular weight excluding hydrogens is 180 g/mol. The molecule has 0 heterocycles. The van der Waals surface area contributed by atoms with Gasteiger partial charge in [0, 0.05) is 5.56 Å². The summed E-state index contributed by atoms with van der Waals surface area (Å²) in [6, 6.07) is 3.75. The summed E-state index contributed by atoms with van der Waals surface area (Å²) < 4.78 is 0. The summed E-state index contributed by atoms with van der Waals surface area (Å²) in [6.45, 7) is 3.74. The van der Waals surface area contributed by atoms with Crippen molar-refractivity contribution in [2.45, 2.75) is 13.8 Å². The molecule has 0 amide bonds. The zero-order valence-corrected chi connectivity index (χ0v) is 8.65. The highest BCUT2D eigenvalue weighted by atomic mass is 32.1. The average Bonchev–Trinajstić information content (AvgIpc) is 2.10. The third-order valence-electron chi connectivity index (χ3n) is 1.80. The van der Waals surface area contributed by atoms with Crippen LogP contribution >= 0.6 is 12.6 Å². The SMILES string of the molecule is Cc1cc(C#CCS)cc(C)c1O. The molecule has 0 saturated heterocycles. The highest BCUT2D eigenvalue weighted by molar-refractivity contribution is 7.80. The number of benzene rings is 1. The van der Waals surface area contributed by atoms with Crippen LogP contribution in [0.25, 0.3) is 0 Å². The Balaban J connectivity index is 3.13. The van der Waals surface area contributed by atoms with Gasteiger partial charge in [-0.15, -0.1) is 0 Å². The summed E-state index contributed by atoms with van der Waals surface area (Å²) in [4.78, 5) is 0. The molecule has 0 atom stereocenters. The van der Waals surface area contributed by atoms with Gasteiger partial charge in [-0.3, -0.25) is 0 Å². The van der Waals surface area contributed by atoms with E-state index in [1.165, 1.54) is 0 Å². The second kappa shape index (κ2) is 4.25. The first kappa shape index (κ1) is 10.0. The summed E-state index contributed by atoms with van der Waals surface area (Å²) in [7, 11) is 0. The van der Waals surface area contributed by atoms with Gasteiger partial charge < -0.3 is 5.11 Å². The van der Waals surface area contributed by atoms with Gasteiger partial charge in [0.2, 0.25) is 0 Å². The van der Waals surface area contributed by atoms with Crippen molar-refractivity contribution in [3.8, 4) is 17.6 Å². The van der Waals surface area contributed by atoms with Crippen LogP contribution in [-0.4, -0.2) is 10.9 Å². The quantitative estimate of drug-likeness (QED) is 0.477. The molecular formula is C11H12OS. The van der Waals surface area contributed by atoms with Crippen LogP contribution in [-0.2, 0) is 0 Å². The second-order valence-electron chi connectivity index (χ2n) is 2.92. The maximum absolute atomic E-state index is 9.49. The Morgan fingerprint density at radius 1 is 1.31 bits per heavy atom. The van der Waals surface area contributed by atoms with E-state index in [0.29, 0.717) is 11.5 Å². The molecule has 1 nitrogen and oxygen atoms in total. The topological polar surface area (TPSA) is 20.2 Å². The Morgan fingerprint density at radius 3 is 2.31 bits per heavy atom. The van der Waals surface area contributed by atoms with Crippen molar-refractivity contribution in [3.05, 3.63) is 28.8 Å².